The highest BCUT2D eigenvalue weighted by Crippen LogP contribution is 2.23. The number of rotatable bonds is 15. The zero-order chi connectivity index (χ0) is 18.6. The molecule has 3 N–H and O–H groups in total. The van der Waals surface area contributed by atoms with Gasteiger partial charge in [-0.2, -0.15) is 8.42 Å². The molecule has 0 aliphatic rings. The molecule has 8 heteroatoms. The predicted molar refractivity (Wildman–Crippen MR) is 90.6 cm³/mol. The SMILES string of the molecule is CCCCCCCCCCCC(C(CC(=O)O)C(=O)O)S(=O)(=O)O. The molecule has 0 rings (SSSR count). The minimum atomic E-state index is -4.61. The molecule has 0 fully saturated rings. The van der Waals surface area contributed by atoms with Crippen molar-refractivity contribution in [3.05, 3.63) is 0 Å². The molecule has 0 heterocycles. The van der Waals surface area contributed by atoms with Gasteiger partial charge in [-0.05, 0) is 6.42 Å². The molecule has 2 atom stereocenters. The molecule has 0 amide bonds. The second-order valence-electron chi connectivity index (χ2n) is 6.21. The summed E-state index contributed by atoms with van der Waals surface area (Å²) in [4.78, 5) is 21.9. The topological polar surface area (TPSA) is 129 Å². The average Bonchev–Trinajstić information content (AvgIpc) is 2.45. The first-order chi connectivity index (χ1) is 11.2. The van der Waals surface area contributed by atoms with E-state index in [9.17, 15) is 22.6 Å². The number of hydrogen-bond acceptors (Lipinski definition) is 4. The molecule has 0 aromatic carbocycles. The highest BCUT2D eigenvalue weighted by molar-refractivity contribution is 7.86. The quantitative estimate of drug-likeness (QED) is 0.299. The summed E-state index contributed by atoms with van der Waals surface area (Å²) in [5.41, 5.74) is 0. The third kappa shape index (κ3) is 10.6. The van der Waals surface area contributed by atoms with Crippen molar-refractivity contribution in [1.29, 1.82) is 0 Å². The molecule has 2 unspecified atom stereocenters. The molecular weight excluding hydrogens is 336 g/mol. The number of hydrogen-bond donors (Lipinski definition) is 3. The maximum Gasteiger partial charge on any atom is 0.308 e. The van der Waals surface area contributed by atoms with Crippen molar-refractivity contribution in [1.82, 2.24) is 0 Å². The Hall–Kier alpha value is -1.15. The van der Waals surface area contributed by atoms with Gasteiger partial charge in [0.1, 0.15) is 5.25 Å². The fraction of sp³-hybridized carbons (Fsp3) is 0.875. The Balaban J connectivity index is 4.31. The maximum absolute atomic E-state index is 11.4. The van der Waals surface area contributed by atoms with Crippen molar-refractivity contribution in [3.63, 3.8) is 0 Å². The molecule has 0 aliphatic carbocycles. The van der Waals surface area contributed by atoms with Crippen LogP contribution in [0.5, 0.6) is 0 Å². The number of carboxylic acid groups (broad SMARTS) is 2. The molecule has 0 spiro atoms. The molecule has 24 heavy (non-hydrogen) atoms. The number of carboxylic acids is 2. The van der Waals surface area contributed by atoms with Gasteiger partial charge in [-0.15, -0.1) is 0 Å². The van der Waals surface area contributed by atoms with Gasteiger partial charge >= 0.3 is 11.9 Å². The summed E-state index contributed by atoms with van der Waals surface area (Å²) in [5, 5.41) is 16.2. The van der Waals surface area contributed by atoms with E-state index < -0.39 is 39.6 Å². The Bertz CT molecular complexity index is 473. The van der Waals surface area contributed by atoms with Crippen LogP contribution in [0.1, 0.15) is 77.6 Å². The summed E-state index contributed by atoms with van der Waals surface area (Å²) in [7, 11) is -4.61. The Labute approximate surface area is 144 Å². The fourth-order valence-electron chi connectivity index (χ4n) is 2.78. The third-order valence-corrected chi connectivity index (χ3v) is 5.46. The number of carbonyl (C=O) groups is 2. The van der Waals surface area contributed by atoms with E-state index in [0.29, 0.717) is 6.42 Å². The molecule has 0 aromatic rings. The van der Waals surface area contributed by atoms with Gasteiger partial charge in [-0.25, -0.2) is 0 Å². The van der Waals surface area contributed by atoms with Crippen molar-refractivity contribution in [2.75, 3.05) is 0 Å². The van der Waals surface area contributed by atoms with E-state index in [-0.39, 0.29) is 6.42 Å². The second kappa shape index (κ2) is 12.2. The molecule has 0 radical (unpaired) electrons. The smallest absolute Gasteiger partial charge is 0.308 e. The lowest BCUT2D eigenvalue weighted by atomic mass is 9.96. The fourth-order valence-corrected chi connectivity index (χ4v) is 3.87. The van der Waals surface area contributed by atoms with Crippen LogP contribution in [0.3, 0.4) is 0 Å². The lowest BCUT2D eigenvalue weighted by molar-refractivity contribution is -0.148. The summed E-state index contributed by atoms with van der Waals surface area (Å²) in [6.07, 6.45) is 8.22. The summed E-state index contributed by atoms with van der Waals surface area (Å²) >= 11 is 0. The first kappa shape index (κ1) is 22.9. The van der Waals surface area contributed by atoms with Gasteiger partial charge in [-0.3, -0.25) is 14.1 Å². The van der Waals surface area contributed by atoms with E-state index in [4.69, 9.17) is 10.2 Å². The molecule has 0 aliphatic heterocycles. The molecule has 142 valence electrons. The Kier molecular flexibility index (Phi) is 11.7. The van der Waals surface area contributed by atoms with E-state index >= 15 is 0 Å². The first-order valence-electron chi connectivity index (χ1n) is 8.61. The van der Waals surface area contributed by atoms with Crippen molar-refractivity contribution in [2.45, 2.75) is 82.8 Å². The Morgan fingerprint density at radius 3 is 1.71 bits per heavy atom. The van der Waals surface area contributed by atoms with Crippen LogP contribution in [-0.2, 0) is 19.7 Å². The van der Waals surface area contributed by atoms with Gasteiger partial charge in [0.05, 0.1) is 12.3 Å². The monoisotopic (exact) mass is 366 g/mol. The summed E-state index contributed by atoms with van der Waals surface area (Å²) in [6.45, 7) is 2.15. The van der Waals surface area contributed by atoms with E-state index in [0.717, 1.165) is 25.7 Å². The van der Waals surface area contributed by atoms with Crippen molar-refractivity contribution in [3.8, 4) is 0 Å². The molecule has 0 bridgehead atoms. The van der Waals surface area contributed by atoms with Gasteiger partial charge < -0.3 is 10.2 Å². The van der Waals surface area contributed by atoms with Crippen molar-refractivity contribution >= 4 is 22.1 Å². The minimum Gasteiger partial charge on any atom is -0.481 e. The summed E-state index contributed by atoms with van der Waals surface area (Å²) in [6, 6.07) is 0. The predicted octanol–water partition coefficient (Wildman–Crippen LogP) is 3.34. The van der Waals surface area contributed by atoms with Crippen LogP contribution in [0, 0.1) is 5.92 Å². The Morgan fingerprint density at radius 1 is 0.875 bits per heavy atom. The zero-order valence-corrected chi connectivity index (χ0v) is 15.1. The van der Waals surface area contributed by atoms with Gasteiger partial charge in [0.15, 0.2) is 0 Å². The first-order valence-corrected chi connectivity index (χ1v) is 10.1. The van der Waals surface area contributed by atoms with Gasteiger partial charge in [-0.1, -0.05) is 64.7 Å². The van der Waals surface area contributed by atoms with Crippen molar-refractivity contribution in [2.24, 2.45) is 5.92 Å². The number of unbranched alkanes of at least 4 members (excludes halogenated alkanes) is 8. The van der Waals surface area contributed by atoms with Gasteiger partial charge in [0.2, 0.25) is 0 Å². The molecular formula is C16H30O7S. The molecule has 0 aromatic heterocycles. The highest BCUT2D eigenvalue weighted by Gasteiger charge is 2.38. The van der Waals surface area contributed by atoms with E-state index in [1.54, 1.807) is 0 Å². The average molecular weight is 366 g/mol. The molecule has 7 nitrogen and oxygen atoms in total. The van der Waals surface area contributed by atoms with Crippen LogP contribution < -0.4 is 0 Å². The summed E-state index contributed by atoms with van der Waals surface area (Å²) in [5.74, 6) is -4.55. The van der Waals surface area contributed by atoms with E-state index in [1.165, 1.54) is 25.7 Å². The zero-order valence-electron chi connectivity index (χ0n) is 14.3. The second-order valence-corrected chi connectivity index (χ2v) is 7.85. The van der Waals surface area contributed by atoms with Crippen LogP contribution in [0.2, 0.25) is 0 Å². The standard InChI is InChI=1S/C16H30O7S/c1-2-3-4-5-6-7-8-9-10-11-14(24(21,22)23)13(16(19)20)12-15(17)18/h13-14H,2-12H2,1H3,(H,17,18)(H,19,20)(H,21,22,23). The van der Waals surface area contributed by atoms with Crippen molar-refractivity contribution < 1.29 is 32.8 Å². The van der Waals surface area contributed by atoms with Crippen LogP contribution in [0.4, 0.5) is 0 Å². The van der Waals surface area contributed by atoms with Crippen LogP contribution >= 0.6 is 0 Å². The van der Waals surface area contributed by atoms with Gasteiger partial charge in [0.25, 0.3) is 10.1 Å². The lowest BCUT2D eigenvalue weighted by Crippen LogP contribution is -2.36. The van der Waals surface area contributed by atoms with Crippen LogP contribution in [0.15, 0.2) is 0 Å². The normalized spacial score (nSPS) is 14.2. The minimum absolute atomic E-state index is 0.0427. The third-order valence-electron chi connectivity index (χ3n) is 4.14. The highest BCUT2D eigenvalue weighted by atomic mass is 32.2. The van der Waals surface area contributed by atoms with Crippen LogP contribution in [0.25, 0.3) is 0 Å². The lowest BCUT2D eigenvalue weighted by Gasteiger charge is -2.20. The summed E-state index contributed by atoms with van der Waals surface area (Å²) < 4.78 is 32.1. The van der Waals surface area contributed by atoms with Crippen LogP contribution in [-0.4, -0.2) is 40.4 Å². The Morgan fingerprint density at radius 2 is 1.33 bits per heavy atom. The van der Waals surface area contributed by atoms with Gasteiger partial charge in [0, 0.05) is 0 Å². The molecule has 0 saturated heterocycles. The van der Waals surface area contributed by atoms with E-state index in [1.807, 2.05) is 0 Å². The number of aliphatic carboxylic acids is 2. The maximum atomic E-state index is 11.4. The largest absolute Gasteiger partial charge is 0.481 e. The molecule has 0 saturated carbocycles. The van der Waals surface area contributed by atoms with E-state index in [2.05, 4.69) is 6.92 Å².